The van der Waals surface area contributed by atoms with Crippen molar-refractivity contribution in [1.29, 1.82) is 0 Å². The van der Waals surface area contributed by atoms with E-state index in [-0.39, 0.29) is 18.3 Å². The molecule has 0 amide bonds. The number of aromatic nitrogens is 3. The molecule has 0 aliphatic carbocycles. The Labute approximate surface area is 193 Å². The van der Waals surface area contributed by atoms with E-state index in [9.17, 15) is 13.9 Å². The molecule has 3 N–H and O–H groups in total. The number of nitrogens with one attached hydrogen (secondary N) is 1. The third kappa shape index (κ3) is 4.86. The molecule has 2 fully saturated rings. The first kappa shape index (κ1) is 23.9. The predicted octanol–water partition coefficient (Wildman–Crippen LogP) is 3.33. The van der Waals surface area contributed by atoms with Crippen LogP contribution in [0.1, 0.15) is 31.1 Å². The lowest BCUT2D eigenvalue weighted by atomic mass is 9.92. The topological polar surface area (TPSA) is 110 Å². The van der Waals surface area contributed by atoms with E-state index < -0.39 is 42.2 Å². The molecule has 4 heterocycles. The maximum atomic E-state index is 13.9. The molecule has 3 aromatic rings. The Kier molecular flexibility index (Phi) is 6.68. The molecule has 2 saturated heterocycles. The number of rotatable bonds is 4. The third-order valence-corrected chi connectivity index (χ3v) is 5.79. The highest BCUT2D eigenvalue weighted by molar-refractivity contribution is 6.33. The van der Waals surface area contributed by atoms with Crippen LogP contribution in [0.4, 0.5) is 8.78 Å². The second kappa shape index (κ2) is 9.21. The Morgan fingerprint density at radius 1 is 1.24 bits per heavy atom. The van der Waals surface area contributed by atoms with Crippen molar-refractivity contribution >= 4 is 22.6 Å². The van der Waals surface area contributed by atoms with Crippen molar-refractivity contribution in [2.75, 3.05) is 13.2 Å². The van der Waals surface area contributed by atoms with Crippen molar-refractivity contribution in [1.82, 2.24) is 15.0 Å². The number of fused-ring (bicyclic) bond motifs is 2. The Balaban J connectivity index is 0.000000214. The summed E-state index contributed by atoms with van der Waals surface area (Å²) in [5, 5.41) is 20.9. The number of halogens is 3. The van der Waals surface area contributed by atoms with E-state index in [1.54, 1.807) is 26.1 Å². The van der Waals surface area contributed by atoms with E-state index in [0.717, 1.165) is 11.0 Å². The fraction of sp³-hybridized carbons (Fsp3) is 0.455. The maximum absolute atomic E-state index is 13.9. The van der Waals surface area contributed by atoms with Gasteiger partial charge in [-0.2, -0.15) is 8.78 Å². The van der Waals surface area contributed by atoms with Crippen LogP contribution in [0, 0.1) is 0 Å². The van der Waals surface area contributed by atoms with Crippen LogP contribution in [-0.2, 0) is 20.1 Å². The summed E-state index contributed by atoms with van der Waals surface area (Å²) in [5.41, 5.74) is 0.380. The molecule has 4 unspecified atom stereocenters. The van der Waals surface area contributed by atoms with Crippen molar-refractivity contribution in [2.45, 2.75) is 50.0 Å². The van der Waals surface area contributed by atoms with Gasteiger partial charge in [-0.15, -0.1) is 0 Å². The SMILES string of the molecule is CC1(C)OC2COC(C(O)c3ccccc3C(F)(F)CO)C2O1.Clc1ncnc2[nH]ccc12. The summed E-state index contributed by atoms with van der Waals surface area (Å²) in [6.07, 6.45) is 0.228. The molecule has 8 nitrogen and oxygen atoms in total. The minimum Gasteiger partial charge on any atom is -0.390 e. The zero-order valence-electron chi connectivity index (χ0n) is 17.9. The molecular formula is C22H24ClF2N3O5. The number of aliphatic hydroxyl groups excluding tert-OH is 2. The summed E-state index contributed by atoms with van der Waals surface area (Å²) < 4.78 is 44.8. The van der Waals surface area contributed by atoms with E-state index in [4.69, 9.17) is 30.9 Å². The van der Waals surface area contributed by atoms with Crippen LogP contribution >= 0.6 is 11.6 Å². The molecular weight excluding hydrogens is 460 g/mol. The number of hydrogen-bond donors (Lipinski definition) is 3. The number of nitrogens with zero attached hydrogens (tertiary/aromatic N) is 2. The Morgan fingerprint density at radius 2 is 2.00 bits per heavy atom. The van der Waals surface area contributed by atoms with Crippen LogP contribution in [-0.4, -0.2) is 62.5 Å². The number of benzene rings is 1. The van der Waals surface area contributed by atoms with Gasteiger partial charge >= 0.3 is 0 Å². The van der Waals surface area contributed by atoms with Gasteiger partial charge in [0.2, 0.25) is 0 Å². The molecule has 1 aromatic carbocycles. The van der Waals surface area contributed by atoms with Gasteiger partial charge in [-0.25, -0.2) is 9.97 Å². The van der Waals surface area contributed by atoms with Crippen molar-refractivity contribution in [3.8, 4) is 0 Å². The summed E-state index contributed by atoms with van der Waals surface area (Å²) in [4.78, 5) is 10.7. The smallest absolute Gasteiger partial charge is 0.296 e. The molecule has 0 saturated carbocycles. The van der Waals surface area contributed by atoms with Gasteiger partial charge < -0.3 is 29.4 Å². The van der Waals surface area contributed by atoms with E-state index in [0.29, 0.717) is 5.15 Å². The molecule has 0 radical (unpaired) electrons. The van der Waals surface area contributed by atoms with Crippen molar-refractivity contribution in [3.05, 3.63) is 59.1 Å². The van der Waals surface area contributed by atoms with Gasteiger partial charge in [0.25, 0.3) is 5.92 Å². The Hall–Kier alpha value is -2.21. The largest absolute Gasteiger partial charge is 0.390 e. The normalized spacial score (nSPS) is 24.9. The summed E-state index contributed by atoms with van der Waals surface area (Å²) in [6, 6.07) is 7.43. The van der Waals surface area contributed by atoms with Gasteiger partial charge in [-0.1, -0.05) is 35.9 Å². The van der Waals surface area contributed by atoms with Crippen molar-refractivity contribution in [3.63, 3.8) is 0 Å². The van der Waals surface area contributed by atoms with Gasteiger partial charge in [0.1, 0.15) is 48.2 Å². The maximum Gasteiger partial charge on any atom is 0.296 e. The first-order valence-electron chi connectivity index (χ1n) is 10.3. The minimum atomic E-state index is -3.44. The molecule has 2 aliphatic heterocycles. The molecule has 5 rings (SSSR count). The van der Waals surface area contributed by atoms with Crippen molar-refractivity contribution < 1.29 is 33.2 Å². The van der Waals surface area contributed by atoms with Gasteiger partial charge in [0.05, 0.1) is 12.0 Å². The van der Waals surface area contributed by atoms with Crippen LogP contribution in [0.25, 0.3) is 11.0 Å². The second-order valence-corrected chi connectivity index (χ2v) is 8.59. The molecule has 178 valence electrons. The number of hydrogen-bond acceptors (Lipinski definition) is 7. The van der Waals surface area contributed by atoms with E-state index in [1.807, 2.05) is 6.07 Å². The lowest BCUT2D eigenvalue weighted by Gasteiger charge is -2.27. The Morgan fingerprint density at radius 3 is 2.73 bits per heavy atom. The number of aliphatic hydroxyl groups is 2. The standard InChI is InChI=1S/C16H20F2O5.C6H4ClN3/c1-15(2)22-11-7-21-14(13(11)23-15)12(20)9-5-3-4-6-10(9)16(17,18)8-19;7-5-4-1-2-8-6(4)10-3-9-5/h3-6,11-14,19-20H,7-8H2,1-2H3;1-3H,(H,8,9,10). The molecule has 2 aliphatic rings. The van der Waals surface area contributed by atoms with Gasteiger partial charge in [-0.05, 0) is 25.5 Å². The van der Waals surface area contributed by atoms with Gasteiger partial charge in [-0.3, -0.25) is 0 Å². The van der Waals surface area contributed by atoms with Gasteiger partial charge in [0.15, 0.2) is 5.79 Å². The minimum absolute atomic E-state index is 0.0190. The number of aromatic amines is 1. The fourth-order valence-electron chi connectivity index (χ4n) is 4.03. The lowest BCUT2D eigenvalue weighted by molar-refractivity contribution is -0.185. The van der Waals surface area contributed by atoms with Crippen LogP contribution in [0.5, 0.6) is 0 Å². The highest BCUT2D eigenvalue weighted by atomic mass is 35.5. The average molecular weight is 484 g/mol. The van der Waals surface area contributed by atoms with Gasteiger partial charge in [0, 0.05) is 11.8 Å². The number of H-pyrrole nitrogens is 1. The first-order valence-corrected chi connectivity index (χ1v) is 10.7. The van der Waals surface area contributed by atoms with Crippen LogP contribution in [0.3, 0.4) is 0 Å². The molecule has 2 aromatic heterocycles. The zero-order chi connectivity index (χ0) is 23.8. The first-order chi connectivity index (χ1) is 15.6. The Bertz CT molecular complexity index is 1110. The lowest BCUT2D eigenvalue weighted by Crippen LogP contribution is -2.35. The van der Waals surface area contributed by atoms with Crippen molar-refractivity contribution in [2.24, 2.45) is 0 Å². The second-order valence-electron chi connectivity index (χ2n) is 8.24. The third-order valence-electron chi connectivity index (χ3n) is 5.49. The highest BCUT2D eigenvalue weighted by Crippen LogP contribution is 2.42. The summed E-state index contributed by atoms with van der Waals surface area (Å²) in [7, 11) is 0. The molecule has 0 spiro atoms. The summed E-state index contributed by atoms with van der Waals surface area (Å²) >= 11 is 5.73. The highest BCUT2D eigenvalue weighted by Gasteiger charge is 2.53. The quantitative estimate of drug-likeness (QED) is 0.488. The van der Waals surface area contributed by atoms with Crippen LogP contribution in [0.15, 0.2) is 42.9 Å². The van der Waals surface area contributed by atoms with E-state index in [2.05, 4.69) is 15.0 Å². The molecule has 33 heavy (non-hydrogen) atoms. The van der Waals surface area contributed by atoms with Crippen LogP contribution < -0.4 is 0 Å². The molecule has 4 atom stereocenters. The van der Waals surface area contributed by atoms with Crippen LogP contribution in [0.2, 0.25) is 5.15 Å². The molecule has 11 heteroatoms. The molecule has 0 bridgehead atoms. The fourth-order valence-corrected chi connectivity index (χ4v) is 4.23. The summed E-state index contributed by atoms with van der Waals surface area (Å²) in [6.45, 7) is 2.40. The average Bonchev–Trinajstić information content (AvgIpc) is 3.48. The zero-order valence-corrected chi connectivity index (χ0v) is 18.7. The van der Waals surface area contributed by atoms with E-state index in [1.165, 1.54) is 24.5 Å². The summed E-state index contributed by atoms with van der Waals surface area (Å²) in [5.74, 6) is -4.24. The van der Waals surface area contributed by atoms with E-state index >= 15 is 0 Å². The number of alkyl halides is 2. The monoisotopic (exact) mass is 483 g/mol. The number of ether oxygens (including phenoxy) is 3. The predicted molar refractivity (Wildman–Crippen MR) is 115 cm³/mol.